The minimum Gasteiger partial charge on any atom is -0.326 e. The van der Waals surface area contributed by atoms with E-state index in [1.807, 2.05) is 0 Å². The molecular formula is C14H24N2O. The van der Waals surface area contributed by atoms with Gasteiger partial charge in [-0.05, 0) is 50.4 Å². The molecule has 1 aliphatic heterocycles. The zero-order valence-corrected chi connectivity index (χ0v) is 11.0. The van der Waals surface area contributed by atoms with E-state index < -0.39 is 0 Å². The molecule has 2 saturated carbocycles. The van der Waals surface area contributed by atoms with Crippen molar-refractivity contribution in [2.75, 3.05) is 6.54 Å². The van der Waals surface area contributed by atoms with Crippen molar-refractivity contribution in [3.05, 3.63) is 0 Å². The number of nitrogens with zero attached hydrogens (tertiary/aromatic N) is 1. The Morgan fingerprint density at radius 3 is 2.65 bits per heavy atom. The molecule has 0 aromatic heterocycles. The van der Waals surface area contributed by atoms with Crippen LogP contribution in [-0.4, -0.2) is 29.6 Å². The van der Waals surface area contributed by atoms with Crippen molar-refractivity contribution in [3.8, 4) is 0 Å². The van der Waals surface area contributed by atoms with Crippen LogP contribution in [0.5, 0.6) is 0 Å². The van der Waals surface area contributed by atoms with Gasteiger partial charge in [0.25, 0.3) is 0 Å². The van der Waals surface area contributed by atoms with Crippen LogP contribution in [0.15, 0.2) is 0 Å². The number of hydrogen-bond donors (Lipinski definition) is 1. The van der Waals surface area contributed by atoms with E-state index in [2.05, 4.69) is 24.1 Å². The Morgan fingerprint density at radius 1 is 1.41 bits per heavy atom. The molecule has 0 spiro atoms. The van der Waals surface area contributed by atoms with Crippen molar-refractivity contribution >= 4 is 5.91 Å². The topological polar surface area (TPSA) is 32.3 Å². The minimum atomic E-state index is 0.0880. The second-order valence-electron chi connectivity index (χ2n) is 6.29. The van der Waals surface area contributed by atoms with E-state index in [1.165, 1.54) is 25.7 Å². The Hall–Kier alpha value is -0.570. The van der Waals surface area contributed by atoms with Crippen molar-refractivity contribution in [1.82, 2.24) is 10.2 Å². The summed E-state index contributed by atoms with van der Waals surface area (Å²) < 4.78 is 0. The van der Waals surface area contributed by atoms with Crippen LogP contribution in [0.3, 0.4) is 0 Å². The second-order valence-corrected chi connectivity index (χ2v) is 6.29. The average molecular weight is 236 g/mol. The third-order valence-corrected chi connectivity index (χ3v) is 4.89. The van der Waals surface area contributed by atoms with Gasteiger partial charge in [-0.2, -0.15) is 0 Å². The lowest BCUT2D eigenvalue weighted by molar-refractivity contribution is -0.130. The fourth-order valence-corrected chi connectivity index (χ4v) is 3.44. The molecule has 3 aliphatic rings. The molecule has 96 valence electrons. The van der Waals surface area contributed by atoms with E-state index in [0.717, 1.165) is 25.3 Å². The minimum absolute atomic E-state index is 0.0880. The van der Waals surface area contributed by atoms with Crippen LogP contribution in [0.2, 0.25) is 0 Å². The molecule has 3 rings (SSSR count). The van der Waals surface area contributed by atoms with Crippen LogP contribution in [0.25, 0.3) is 0 Å². The first-order valence-electron chi connectivity index (χ1n) is 7.23. The molecule has 17 heavy (non-hydrogen) atoms. The van der Waals surface area contributed by atoms with E-state index in [9.17, 15) is 4.79 Å². The molecule has 0 radical (unpaired) electrons. The second kappa shape index (κ2) is 3.98. The molecule has 3 heteroatoms. The van der Waals surface area contributed by atoms with Gasteiger partial charge in [0.15, 0.2) is 0 Å². The smallest absolute Gasteiger partial charge is 0.241 e. The molecule has 2 unspecified atom stereocenters. The summed E-state index contributed by atoms with van der Waals surface area (Å²) in [4.78, 5) is 14.4. The quantitative estimate of drug-likeness (QED) is 0.793. The normalized spacial score (nSPS) is 35.4. The zero-order valence-electron chi connectivity index (χ0n) is 11.0. The number of rotatable bonds is 5. The highest BCUT2D eigenvalue weighted by molar-refractivity contribution is 5.84. The van der Waals surface area contributed by atoms with Crippen LogP contribution in [0, 0.1) is 11.3 Å². The first-order valence-corrected chi connectivity index (χ1v) is 7.23. The van der Waals surface area contributed by atoms with E-state index in [-0.39, 0.29) is 12.2 Å². The highest BCUT2D eigenvalue weighted by atomic mass is 16.2. The summed E-state index contributed by atoms with van der Waals surface area (Å²) in [5.41, 5.74) is 0.534. The summed E-state index contributed by atoms with van der Waals surface area (Å²) in [6.07, 6.45) is 7.83. The van der Waals surface area contributed by atoms with Crippen LogP contribution < -0.4 is 5.32 Å². The number of amides is 1. The summed E-state index contributed by atoms with van der Waals surface area (Å²) in [7, 11) is 0. The molecule has 0 bridgehead atoms. The maximum Gasteiger partial charge on any atom is 0.241 e. The lowest BCUT2D eigenvalue weighted by Crippen LogP contribution is -2.39. The van der Waals surface area contributed by atoms with Gasteiger partial charge in [-0.25, -0.2) is 0 Å². The van der Waals surface area contributed by atoms with Gasteiger partial charge in [0.05, 0.1) is 12.2 Å². The third-order valence-electron chi connectivity index (χ3n) is 4.89. The zero-order chi connectivity index (χ0) is 12.0. The first-order chi connectivity index (χ1) is 8.16. The molecule has 1 N–H and O–H groups in total. The van der Waals surface area contributed by atoms with Crippen molar-refractivity contribution in [3.63, 3.8) is 0 Å². The first kappa shape index (κ1) is 11.5. The molecule has 1 heterocycles. The highest BCUT2D eigenvalue weighted by Crippen LogP contribution is 2.61. The Morgan fingerprint density at radius 2 is 2.12 bits per heavy atom. The number of hydrogen-bond acceptors (Lipinski definition) is 2. The van der Waals surface area contributed by atoms with Crippen molar-refractivity contribution in [1.29, 1.82) is 0 Å². The van der Waals surface area contributed by atoms with Gasteiger partial charge in [-0.3, -0.25) is 10.1 Å². The van der Waals surface area contributed by atoms with Crippen LogP contribution in [0.4, 0.5) is 0 Å². The molecule has 0 aromatic rings. The maximum absolute atomic E-state index is 12.3. The van der Waals surface area contributed by atoms with Crippen LogP contribution in [-0.2, 0) is 4.79 Å². The summed E-state index contributed by atoms with van der Waals surface area (Å²) in [5.74, 6) is 1.29. The Balaban J connectivity index is 1.64. The maximum atomic E-state index is 12.3. The third kappa shape index (κ3) is 1.99. The molecule has 1 saturated heterocycles. The van der Waals surface area contributed by atoms with Crippen LogP contribution in [0.1, 0.15) is 52.4 Å². The number of carbonyl (C=O) groups excluding carboxylic acids is 1. The van der Waals surface area contributed by atoms with Crippen LogP contribution >= 0.6 is 0 Å². The molecule has 0 aromatic carbocycles. The monoisotopic (exact) mass is 236 g/mol. The van der Waals surface area contributed by atoms with Gasteiger partial charge in [0, 0.05) is 6.54 Å². The summed E-state index contributed by atoms with van der Waals surface area (Å²) in [5, 5.41) is 3.44. The van der Waals surface area contributed by atoms with Gasteiger partial charge in [0.1, 0.15) is 0 Å². The molecule has 1 amide bonds. The van der Waals surface area contributed by atoms with E-state index in [4.69, 9.17) is 0 Å². The lowest BCUT2D eigenvalue weighted by Gasteiger charge is -2.26. The Bertz CT molecular complexity index is 320. The Labute approximate surface area is 104 Å². The predicted octanol–water partition coefficient (Wildman–Crippen LogP) is 2.12. The van der Waals surface area contributed by atoms with Gasteiger partial charge in [-0.15, -0.1) is 0 Å². The molecule has 2 aliphatic carbocycles. The van der Waals surface area contributed by atoms with Gasteiger partial charge < -0.3 is 4.90 Å². The van der Waals surface area contributed by atoms with Crippen molar-refractivity contribution in [2.45, 2.75) is 64.6 Å². The summed E-state index contributed by atoms with van der Waals surface area (Å²) >= 11 is 0. The fourth-order valence-electron chi connectivity index (χ4n) is 3.44. The molecular weight excluding hydrogens is 212 g/mol. The standard InChI is InChI=1S/C14H24N2O/c1-3-4-12-13(17)16(10(2)15-12)9-14(7-8-14)11-5-6-11/h10-12,15H,3-9H2,1-2H3. The number of carbonyl (C=O) groups is 1. The average Bonchev–Trinajstić information content (AvgIpc) is 3.14. The van der Waals surface area contributed by atoms with Gasteiger partial charge in [-0.1, -0.05) is 13.3 Å². The van der Waals surface area contributed by atoms with Crippen molar-refractivity contribution < 1.29 is 4.79 Å². The highest BCUT2D eigenvalue weighted by Gasteiger charge is 2.56. The largest absolute Gasteiger partial charge is 0.326 e. The fraction of sp³-hybridized carbons (Fsp3) is 0.929. The van der Waals surface area contributed by atoms with Crippen molar-refractivity contribution in [2.24, 2.45) is 11.3 Å². The molecule has 2 atom stereocenters. The Kier molecular flexibility index (Phi) is 2.69. The number of nitrogens with one attached hydrogen (secondary N) is 1. The molecule has 3 nitrogen and oxygen atoms in total. The van der Waals surface area contributed by atoms with E-state index in [0.29, 0.717) is 11.3 Å². The van der Waals surface area contributed by atoms with E-state index in [1.54, 1.807) is 0 Å². The van der Waals surface area contributed by atoms with E-state index >= 15 is 0 Å². The lowest BCUT2D eigenvalue weighted by atomic mass is 9.99. The summed E-state index contributed by atoms with van der Waals surface area (Å²) in [6.45, 7) is 5.30. The van der Waals surface area contributed by atoms with Gasteiger partial charge in [0.2, 0.25) is 5.91 Å². The predicted molar refractivity (Wildman–Crippen MR) is 67.4 cm³/mol. The summed E-state index contributed by atoms with van der Waals surface area (Å²) in [6, 6.07) is 0.0880. The molecule has 3 fully saturated rings. The SMILES string of the molecule is CCCC1NC(C)N(CC2(C3CC3)CC2)C1=O. The van der Waals surface area contributed by atoms with Gasteiger partial charge >= 0.3 is 0 Å².